The summed E-state index contributed by atoms with van der Waals surface area (Å²) in [4.78, 5) is 13.1. The molecule has 1 aromatic rings. The second-order valence-electron chi connectivity index (χ2n) is 4.91. The van der Waals surface area contributed by atoms with Crippen LogP contribution >= 0.6 is 0 Å². The number of rotatable bonds is 1. The number of amides is 1. The SMILES string of the molecule is CC1CN(C(=O)c2c(F)c(F)c(F)c(F)c2F)CC(C)O1. The number of hydrogen-bond acceptors (Lipinski definition) is 2. The maximum atomic E-state index is 13.6. The van der Waals surface area contributed by atoms with Crippen molar-refractivity contribution in [3.8, 4) is 0 Å². The second-order valence-corrected chi connectivity index (χ2v) is 4.91. The molecule has 1 saturated heterocycles. The molecule has 0 spiro atoms. The maximum absolute atomic E-state index is 13.6. The number of halogens is 5. The Morgan fingerprint density at radius 3 is 1.71 bits per heavy atom. The monoisotopic (exact) mass is 309 g/mol. The molecular weight excluding hydrogens is 297 g/mol. The van der Waals surface area contributed by atoms with Crippen LogP contribution in [0.15, 0.2) is 0 Å². The van der Waals surface area contributed by atoms with Crippen molar-refractivity contribution in [2.75, 3.05) is 13.1 Å². The van der Waals surface area contributed by atoms with Crippen LogP contribution in [-0.2, 0) is 4.74 Å². The number of hydrogen-bond donors (Lipinski definition) is 0. The molecule has 1 aliphatic rings. The van der Waals surface area contributed by atoms with E-state index in [-0.39, 0.29) is 13.1 Å². The van der Waals surface area contributed by atoms with Crippen LogP contribution in [0.3, 0.4) is 0 Å². The molecule has 8 heteroatoms. The molecule has 2 unspecified atom stereocenters. The highest BCUT2D eigenvalue weighted by Crippen LogP contribution is 2.25. The normalized spacial score (nSPS) is 22.5. The fourth-order valence-electron chi connectivity index (χ4n) is 2.29. The summed E-state index contributed by atoms with van der Waals surface area (Å²) in [5.74, 6) is -12.0. The fraction of sp³-hybridized carbons (Fsp3) is 0.462. The highest BCUT2D eigenvalue weighted by Gasteiger charge is 2.34. The summed E-state index contributed by atoms with van der Waals surface area (Å²) in [5, 5.41) is 0. The van der Waals surface area contributed by atoms with Crippen molar-refractivity contribution in [3.05, 3.63) is 34.6 Å². The van der Waals surface area contributed by atoms with Gasteiger partial charge in [0.25, 0.3) is 5.91 Å². The van der Waals surface area contributed by atoms with Crippen LogP contribution in [-0.4, -0.2) is 36.1 Å². The van der Waals surface area contributed by atoms with Gasteiger partial charge in [0.1, 0.15) is 5.56 Å². The van der Waals surface area contributed by atoms with Crippen molar-refractivity contribution in [1.29, 1.82) is 0 Å². The number of ether oxygens (including phenoxy) is 1. The molecule has 0 N–H and O–H groups in total. The van der Waals surface area contributed by atoms with E-state index in [1.807, 2.05) is 0 Å². The molecule has 1 fully saturated rings. The number of morpholine rings is 1. The second kappa shape index (κ2) is 5.59. The van der Waals surface area contributed by atoms with Gasteiger partial charge in [0.05, 0.1) is 12.2 Å². The van der Waals surface area contributed by atoms with Gasteiger partial charge in [-0.05, 0) is 13.8 Å². The Morgan fingerprint density at radius 2 is 1.29 bits per heavy atom. The molecule has 0 radical (unpaired) electrons. The lowest BCUT2D eigenvalue weighted by Crippen LogP contribution is -2.48. The minimum absolute atomic E-state index is 0.00265. The van der Waals surface area contributed by atoms with Crippen molar-refractivity contribution < 1.29 is 31.5 Å². The minimum atomic E-state index is -2.29. The molecule has 1 aromatic carbocycles. The third kappa shape index (κ3) is 2.72. The zero-order valence-corrected chi connectivity index (χ0v) is 11.2. The Balaban J connectivity index is 2.44. The molecule has 3 nitrogen and oxygen atoms in total. The lowest BCUT2D eigenvalue weighted by atomic mass is 10.1. The van der Waals surface area contributed by atoms with E-state index in [2.05, 4.69) is 0 Å². The van der Waals surface area contributed by atoms with Gasteiger partial charge in [0.15, 0.2) is 23.3 Å². The van der Waals surface area contributed by atoms with Gasteiger partial charge in [-0.15, -0.1) is 0 Å². The van der Waals surface area contributed by atoms with E-state index in [0.29, 0.717) is 0 Å². The van der Waals surface area contributed by atoms with Crippen LogP contribution in [0.25, 0.3) is 0 Å². The van der Waals surface area contributed by atoms with Gasteiger partial charge in [-0.25, -0.2) is 22.0 Å². The summed E-state index contributed by atoms with van der Waals surface area (Å²) in [7, 11) is 0. The first-order valence-corrected chi connectivity index (χ1v) is 6.20. The first-order valence-electron chi connectivity index (χ1n) is 6.20. The highest BCUT2D eigenvalue weighted by atomic mass is 19.2. The van der Waals surface area contributed by atoms with Gasteiger partial charge in [-0.3, -0.25) is 4.79 Å². The van der Waals surface area contributed by atoms with Crippen LogP contribution in [0.1, 0.15) is 24.2 Å². The largest absolute Gasteiger partial charge is 0.372 e. The lowest BCUT2D eigenvalue weighted by Gasteiger charge is -2.35. The summed E-state index contributed by atoms with van der Waals surface area (Å²) in [6.45, 7) is 3.27. The first kappa shape index (κ1) is 15.7. The average Bonchev–Trinajstić information content (AvgIpc) is 2.42. The van der Waals surface area contributed by atoms with Crippen molar-refractivity contribution in [2.45, 2.75) is 26.1 Å². The van der Waals surface area contributed by atoms with Crippen molar-refractivity contribution in [1.82, 2.24) is 4.90 Å². The van der Waals surface area contributed by atoms with Crippen LogP contribution in [0.4, 0.5) is 22.0 Å². The van der Waals surface area contributed by atoms with E-state index in [0.717, 1.165) is 4.90 Å². The van der Waals surface area contributed by atoms with Gasteiger partial charge in [-0.1, -0.05) is 0 Å². The zero-order valence-electron chi connectivity index (χ0n) is 11.2. The van der Waals surface area contributed by atoms with Gasteiger partial charge < -0.3 is 9.64 Å². The third-order valence-corrected chi connectivity index (χ3v) is 3.13. The van der Waals surface area contributed by atoms with Gasteiger partial charge in [0.2, 0.25) is 5.82 Å². The van der Waals surface area contributed by atoms with Crippen LogP contribution in [0, 0.1) is 29.1 Å². The quantitative estimate of drug-likeness (QED) is 0.453. The molecule has 1 heterocycles. The molecule has 0 aliphatic carbocycles. The first-order chi connectivity index (χ1) is 9.73. The molecule has 1 aliphatic heterocycles. The smallest absolute Gasteiger partial charge is 0.260 e. The highest BCUT2D eigenvalue weighted by molar-refractivity contribution is 5.95. The predicted molar refractivity (Wildman–Crippen MR) is 62.1 cm³/mol. The maximum Gasteiger partial charge on any atom is 0.260 e. The summed E-state index contributed by atoms with van der Waals surface area (Å²) in [6.07, 6.45) is -0.807. The molecule has 0 saturated carbocycles. The molecule has 2 rings (SSSR count). The summed E-state index contributed by atoms with van der Waals surface area (Å²) < 4.78 is 71.8. The predicted octanol–water partition coefficient (Wildman–Crippen LogP) is 2.63. The summed E-state index contributed by atoms with van der Waals surface area (Å²) >= 11 is 0. The van der Waals surface area contributed by atoms with E-state index < -0.39 is 52.8 Å². The van der Waals surface area contributed by atoms with E-state index in [1.165, 1.54) is 0 Å². The topological polar surface area (TPSA) is 29.5 Å². The Labute approximate surface area is 117 Å². The van der Waals surface area contributed by atoms with E-state index >= 15 is 0 Å². The van der Waals surface area contributed by atoms with E-state index in [1.54, 1.807) is 13.8 Å². The van der Waals surface area contributed by atoms with Crippen LogP contribution in [0.2, 0.25) is 0 Å². The summed E-state index contributed by atoms with van der Waals surface area (Å²) in [5.41, 5.74) is -1.44. The number of carbonyl (C=O) groups excluding carboxylic acids is 1. The molecule has 21 heavy (non-hydrogen) atoms. The van der Waals surface area contributed by atoms with Crippen molar-refractivity contribution >= 4 is 5.91 Å². The van der Waals surface area contributed by atoms with Crippen LogP contribution in [0.5, 0.6) is 0 Å². The molecule has 1 amide bonds. The molecule has 116 valence electrons. The molecular formula is C13H12F5NO2. The number of carbonyl (C=O) groups is 1. The van der Waals surface area contributed by atoms with E-state index in [4.69, 9.17) is 4.74 Å². The van der Waals surface area contributed by atoms with Gasteiger partial charge >= 0.3 is 0 Å². The van der Waals surface area contributed by atoms with Crippen molar-refractivity contribution in [3.63, 3.8) is 0 Å². The Kier molecular flexibility index (Phi) is 4.18. The van der Waals surface area contributed by atoms with Gasteiger partial charge in [-0.2, -0.15) is 0 Å². The number of nitrogens with zero attached hydrogens (tertiary/aromatic N) is 1. The van der Waals surface area contributed by atoms with Crippen molar-refractivity contribution in [2.24, 2.45) is 0 Å². The standard InChI is InChI=1S/C13H12F5NO2/c1-5-3-19(4-6(2)21-5)13(20)7-8(14)10(16)12(18)11(17)9(7)15/h5-6H,3-4H2,1-2H3. The lowest BCUT2D eigenvalue weighted by molar-refractivity contribution is -0.0588. The fourth-order valence-corrected chi connectivity index (χ4v) is 2.29. The van der Waals surface area contributed by atoms with Gasteiger partial charge in [0, 0.05) is 13.1 Å². The Morgan fingerprint density at radius 1 is 0.905 bits per heavy atom. The average molecular weight is 309 g/mol. The molecule has 2 atom stereocenters. The minimum Gasteiger partial charge on any atom is -0.372 e. The number of benzene rings is 1. The Bertz CT molecular complexity index is 553. The third-order valence-electron chi connectivity index (χ3n) is 3.13. The Hall–Kier alpha value is -1.70. The summed E-state index contributed by atoms with van der Waals surface area (Å²) in [6, 6.07) is 0. The zero-order chi connectivity index (χ0) is 15.9. The molecule has 0 bridgehead atoms. The molecule has 0 aromatic heterocycles. The van der Waals surface area contributed by atoms with Crippen LogP contribution < -0.4 is 0 Å². The van der Waals surface area contributed by atoms with E-state index in [9.17, 15) is 26.7 Å².